The normalized spacial score (nSPS) is 13.6. The van der Waals surface area contributed by atoms with Gasteiger partial charge in [0, 0.05) is 5.02 Å². The number of amides is 1. The number of halogens is 2. The second-order valence-corrected chi connectivity index (χ2v) is 8.96. The first-order chi connectivity index (χ1) is 13.0. The number of nitrogens with one attached hydrogen (secondary N) is 1. The fourth-order valence-electron chi connectivity index (χ4n) is 2.92. The van der Waals surface area contributed by atoms with Gasteiger partial charge < -0.3 is 5.32 Å². The summed E-state index contributed by atoms with van der Waals surface area (Å²) in [5.74, 6) is -0.811. The largest absolute Gasteiger partial charge is 0.348 e. The standard InChI is InChI=1S/C20H24ClFN2O3S/c1-5-19(20(25)23-14(3)15-7-9-16(22)10-8-15)24(28(4,26)27)17-11-6-13(2)18(21)12-17/h6-12,14,19H,5H2,1-4H3,(H,23,25). The van der Waals surface area contributed by atoms with Crippen molar-refractivity contribution in [2.45, 2.75) is 39.3 Å². The molecule has 0 bridgehead atoms. The molecule has 0 saturated heterocycles. The van der Waals surface area contributed by atoms with Gasteiger partial charge in [-0.25, -0.2) is 12.8 Å². The van der Waals surface area contributed by atoms with Crippen LogP contribution in [0, 0.1) is 12.7 Å². The van der Waals surface area contributed by atoms with Crippen LogP contribution in [0.25, 0.3) is 0 Å². The Morgan fingerprint density at radius 2 is 1.82 bits per heavy atom. The van der Waals surface area contributed by atoms with Gasteiger partial charge in [0.1, 0.15) is 11.9 Å². The maximum atomic E-state index is 13.1. The molecule has 0 spiro atoms. The van der Waals surface area contributed by atoms with Crippen LogP contribution in [0.15, 0.2) is 42.5 Å². The van der Waals surface area contributed by atoms with E-state index in [1.807, 2.05) is 6.92 Å². The summed E-state index contributed by atoms with van der Waals surface area (Å²) < 4.78 is 39.2. The third-order valence-electron chi connectivity index (χ3n) is 4.47. The molecule has 0 aliphatic carbocycles. The number of carbonyl (C=O) groups excluding carboxylic acids is 1. The maximum Gasteiger partial charge on any atom is 0.244 e. The molecule has 8 heteroatoms. The number of aryl methyl sites for hydroxylation is 1. The molecule has 0 aliphatic rings. The zero-order valence-electron chi connectivity index (χ0n) is 16.2. The van der Waals surface area contributed by atoms with Crippen molar-refractivity contribution in [1.82, 2.24) is 5.32 Å². The van der Waals surface area contributed by atoms with Crippen LogP contribution in [0.4, 0.5) is 10.1 Å². The van der Waals surface area contributed by atoms with Crippen LogP contribution in [0.3, 0.4) is 0 Å². The number of hydrogen-bond acceptors (Lipinski definition) is 3. The summed E-state index contributed by atoms with van der Waals surface area (Å²) in [4.78, 5) is 12.9. The highest BCUT2D eigenvalue weighted by molar-refractivity contribution is 7.92. The Labute approximate surface area is 170 Å². The van der Waals surface area contributed by atoms with E-state index in [4.69, 9.17) is 11.6 Å². The van der Waals surface area contributed by atoms with Crippen molar-refractivity contribution in [3.8, 4) is 0 Å². The summed E-state index contributed by atoms with van der Waals surface area (Å²) in [7, 11) is -3.75. The van der Waals surface area contributed by atoms with Gasteiger partial charge in [-0.3, -0.25) is 9.10 Å². The molecule has 0 fully saturated rings. The molecule has 1 amide bonds. The number of carbonyl (C=O) groups is 1. The Morgan fingerprint density at radius 3 is 2.32 bits per heavy atom. The summed E-state index contributed by atoms with van der Waals surface area (Å²) in [5.41, 5.74) is 1.85. The molecule has 2 rings (SSSR count). The SMILES string of the molecule is CCC(C(=O)NC(C)c1ccc(F)cc1)N(c1ccc(C)c(Cl)c1)S(C)(=O)=O. The number of nitrogens with zero attached hydrogens (tertiary/aromatic N) is 1. The van der Waals surface area contributed by atoms with Gasteiger partial charge in [-0.15, -0.1) is 0 Å². The number of rotatable bonds is 7. The van der Waals surface area contributed by atoms with E-state index in [1.54, 1.807) is 38.1 Å². The second-order valence-electron chi connectivity index (χ2n) is 6.70. The van der Waals surface area contributed by atoms with E-state index in [2.05, 4.69) is 5.32 Å². The predicted octanol–water partition coefficient (Wildman–Crippen LogP) is 4.21. The van der Waals surface area contributed by atoms with Gasteiger partial charge >= 0.3 is 0 Å². The summed E-state index contributed by atoms with van der Waals surface area (Å²) in [6, 6.07) is 9.30. The van der Waals surface area contributed by atoms with Crippen LogP contribution in [-0.4, -0.2) is 26.6 Å². The lowest BCUT2D eigenvalue weighted by atomic mass is 10.1. The molecule has 0 saturated carbocycles. The molecule has 1 N–H and O–H groups in total. The molecule has 2 atom stereocenters. The molecule has 0 aliphatic heterocycles. The van der Waals surface area contributed by atoms with Crippen LogP contribution in [0.2, 0.25) is 5.02 Å². The Kier molecular flexibility index (Phi) is 7.06. The molecule has 2 aromatic carbocycles. The molecule has 0 radical (unpaired) electrons. The van der Waals surface area contributed by atoms with Crippen LogP contribution in [-0.2, 0) is 14.8 Å². The van der Waals surface area contributed by atoms with Crippen molar-refractivity contribution in [3.63, 3.8) is 0 Å². The lowest BCUT2D eigenvalue weighted by molar-refractivity contribution is -0.122. The van der Waals surface area contributed by atoms with E-state index in [0.29, 0.717) is 16.3 Å². The summed E-state index contributed by atoms with van der Waals surface area (Å²) in [6.45, 7) is 5.30. The molecule has 152 valence electrons. The van der Waals surface area contributed by atoms with Gasteiger partial charge in [-0.1, -0.05) is 36.7 Å². The van der Waals surface area contributed by atoms with Crippen molar-refractivity contribution in [2.75, 3.05) is 10.6 Å². The van der Waals surface area contributed by atoms with Crippen molar-refractivity contribution < 1.29 is 17.6 Å². The molecule has 0 heterocycles. The van der Waals surface area contributed by atoms with Crippen LogP contribution in [0.5, 0.6) is 0 Å². The minimum atomic E-state index is -3.75. The number of sulfonamides is 1. The molecular formula is C20H24ClFN2O3S. The predicted molar refractivity (Wildman–Crippen MR) is 111 cm³/mol. The molecule has 2 aromatic rings. The second kappa shape index (κ2) is 8.92. The highest BCUT2D eigenvalue weighted by atomic mass is 35.5. The minimum Gasteiger partial charge on any atom is -0.348 e. The van der Waals surface area contributed by atoms with Gasteiger partial charge in [0.25, 0.3) is 0 Å². The van der Waals surface area contributed by atoms with E-state index in [-0.39, 0.29) is 12.2 Å². The zero-order chi connectivity index (χ0) is 21.1. The summed E-state index contributed by atoms with van der Waals surface area (Å²) in [6.07, 6.45) is 1.32. The van der Waals surface area contributed by atoms with Crippen LogP contribution < -0.4 is 9.62 Å². The lowest BCUT2D eigenvalue weighted by Gasteiger charge is -2.31. The van der Waals surface area contributed by atoms with Gasteiger partial charge in [-0.2, -0.15) is 0 Å². The fraction of sp³-hybridized carbons (Fsp3) is 0.350. The van der Waals surface area contributed by atoms with Gasteiger partial charge in [0.2, 0.25) is 15.9 Å². The molecule has 0 aromatic heterocycles. The third kappa shape index (κ3) is 5.23. The first kappa shape index (κ1) is 22.2. The van der Waals surface area contributed by atoms with Crippen LogP contribution >= 0.6 is 11.6 Å². The number of anilines is 1. The van der Waals surface area contributed by atoms with E-state index in [0.717, 1.165) is 16.1 Å². The molecular weight excluding hydrogens is 403 g/mol. The van der Waals surface area contributed by atoms with Crippen LogP contribution in [0.1, 0.15) is 37.4 Å². The van der Waals surface area contributed by atoms with Gasteiger partial charge in [0.05, 0.1) is 18.0 Å². The van der Waals surface area contributed by atoms with Crippen molar-refractivity contribution in [3.05, 3.63) is 64.4 Å². The van der Waals surface area contributed by atoms with Crippen molar-refractivity contribution >= 4 is 33.2 Å². The number of hydrogen-bond donors (Lipinski definition) is 1. The van der Waals surface area contributed by atoms with E-state index >= 15 is 0 Å². The Bertz CT molecular complexity index is 948. The monoisotopic (exact) mass is 426 g/mol. The molecule has 28 heavy (non-hydrogen) atoms. The first-order valence-corrected chi connectivity index (χ1v) is 11.1. The highest BCUT2D eigenvalue weighted by Crippen LogP contribution is 2.28. The number of benzene rings is 2. The van der Waals surface area contributed by atoms with E-state index in [1.165, 1.54) is 18.2 Å². The summed E-state index contributed by atoms with van der Waals surface area (Å²) >= 11 is 6.16. The van der Waals surface area contributed by atoms with Gasteiger partial charge in [-0.05, 0) is 55.7 Å². The lowest BCUT2D eigenvalue weighted by Crippen LogP contribution is -2.49. The zero-order valence-corrected chi connectivity index (χ0v) is 17.8. The smallest absolute Gasteiger partial charge is 0.244 e. The average molecular weight is 427 g/mol. The molecule has 5 nitrogen and oxygen atoms in total. The molecule has 2 unspecified atom stereocenters. The van der Waals surface area contributed by atoms with E-state index < -0.39 is 28.0 Å². The Balaban J connectivity index is 2.33. The van der Waals surface area contributed by atoms with Crippen molar-refractivity contribution in [2.24, 2.45) is 0 Å². The minimum absolute atomic E-state index is 0.264. The Morgan fingerprint density at radius 1 is 1.21 bits per heavy atom. The quantitative estimate of drug-likeness (QED) is 0.721. The highest BCUT2D eigenvalue weighted by Gasteiger charge is 2.32. The Hall–Kier alpha value is -2.12. The fourth-order valence-corrected chi connectivity index (χ4v) is 4.30. The summed E-state index contributed by atoms with van der Waals surface area (Å²) in [5, 5.41) is 3.23. The third-order valence-corrected chi connectivity index (χ3v) is 6.06. The van der Waals surface area contributed by atoms with Crippen molar-refractivity contribution in [1.29, 1.82) is 0 Å². The topological polar surface area (TPSA) is 66.5 Å². The maximum absolute atomic E-state index is 13.1. The average Bonchev–Trinajstić information content (AvgIpc) is 2.61. The first-order valence-electron chi connectivity index (χ1n) is 8.86. The van der Waals surface area contributed by atoms with Gasteiger partial charge in [0.15, 0.2) is 0 Å². The van der Waals surface area contributed by atoms with E-state index in [9.17, 15) is 17.6 Å².